The zero-order chi connectivity index (χ0) is 18.5. The van der Waals surface area contributed by atoms with Crippen LogP contribution in [0.4, 0.5) is 5.82 Å². The van der Waals surface area contributed by atoms with E-state index in [1.165, 1.54) is 0 Å². The van der Waals surface area contributed by atoms with Crippen LogP contribution in [0.15, 0.2) is 55.3 Å². The molecule has 0 saturated carbocycles. The van der Waals surface area contributed by atoms with Gasteiger partial charge in [0.1, 0.15) is 12.4 Å². The number of carbonyl (C=O) groups is 1. The maximum Gasteiger partial charge on any atom is 0.306 e. The first kappa shape index (κ1) is 20.6. The molecule has 0 aliphatic rings. The number of rotatable bonds is 12. The molecule has 0 spiro atoms. The number of methoxy groups -OCH3 is 1. The molecule has 0 bridgehead atoms. The van der Waals surface area contributed by atoms with Crippen LogP contribution in [0.5, 0.6) is 0 Å². The number of esters is 1. The fourth-order valence-electron chi connectivity index (χ4n) is 2.20. The third-order valence-electron chi connectivity index (χ3n) is 3.69. The number of hydrogen-bond donors (Lipinski definition) is 0. The number of anilines is 1. The second kappa shape index (κ2) is 12.0. The minimum Gasteiger partial charge on any atom is -0.461 e. The Kier molecular flexibility index (Phi) is 9.94. The lowest BCUT2D eigenvalue weighted by Crippen LogP contribution is -2.27. The van der Waals surface area contributed by atoms with Crippen LogP contribution in [-0.2, 0) is 20.7 Å². The van der Waals surface area contributed by atoms with Crippen LogP contribution in [0.2, 0.25) is 0 Å². The number of hydrogen-bond acceptors (Lipinski definition) is 5. The van der Waals surface area contributed by atoms with Crippen LogP contribution < -0.4 is 4.90 Å². The fourth-order valence-corrected chi connectivity index (χ4v) is 2.20. The van der Waals surface area contributed by atoms with Crippen LogP contribution >= 0.6 is 0 Å². The summed E-state index contributed by atoms with van der Waals surface area (Å²) < 4.78 is 10.3. The maximum atomic E-state index is 11.8. The molecule has 5 heteroatoms. The van der Waals surface area contributed by atoms with E-state index in [1.54, 1.807) is 25.3 Å². The van der Waals surface area contributed by atoms with Crippen molar-refractivity contribution in [2.75, 3.05) is 38.3 Å². The topological polar surface area (TPSA) is 51.7 Å². The second-order valence-corrected chi connectivity index (χ2v) is 5.44. The molecule has 1 aromatic heterocycles. The smallest absolute Gasteiger partial charge is 0.306 e. The minimum atomic E-state index is -0.240. The Morgan fingerprint density at radius 3 is 2.72 bits per heavy atom. The standard InChI is InChI=1S/C20H28N2O3/c1-5-8-17(6-2)16-25-20(23)12-10-18-9-11-19(21-15-18)22(7-3)13-14-24-4/h5-6,8-9,11,15H,1-2,7,10,12-14,16H2,3-4H3/b17-8+. The zero-order valence-corrected chi connectivity index (χ0v) is 15.2. The van der Waals surface area contributed by atoms with Crippen molar-refractivity contribution >= 4 is 11.8 Å². The molecule has 0 saturated heterocycles. The molecule has 0 atom stereocenters. The molecule has 0 radical (unpaired) electrons. The first-order chi connectivity index (χ1) is 12.1. The van der Waals surface area contributed by atoms with E-state index < -0.39 is 0 Å². The molecule has 1 rings (SSSR count). The molecule has 0 aromatic carbocycles. The first-order valence-electron chi connectivity index (χ1n) is 8.43. The average Bonchev–Trinajstić information content (AvgIpc) is 2.65. The molecule has 1 heterocycles. The first-order valence-corrected chi connectivity index (χ1v) is 8.43. The molecule has 1 aromatic rings. The summed E-state index contributed by atoms with van der Waals surface area (Å²) in [5.41, 5.74) is 1.83. The molecule has 0 fully saturated rings. The summed E-state index contributed by atoms with van der Waals surface area (Å²) >= 11 is 0. The van der Waals surface area contributed by atoms with Gasteiger partial charge in [0.15, 0.2) is 0 Å². The highest BCUT2D eigenvalue weighted by Crippen LogP contribution is 2.12. The van der Waals surface area contributed by atoms with E-state index in [4.69, 9.17) is 9.47 Å². The fraction of sp³-hybridized carbons (Fsp3) is 0.400. The van der Waals surface area contributed by atoms with E-state index >= 15 is 0 Å². The summed E-state index contributed by atoms with van der Waals surface area (Å²) in [4.78, 5) is 18.4. The van der Waals surface area contributed by atoms with Crippen LogP contribution in [0.1, 0.15) is 18.9 Å². The molecule has 0 amide bonds. The molecule has 0 N–H and O–H groups in total. The van der Waals surface area contributed by atoms with Crippen molar-refractivity contribution in [3.63, 3.8) is 0 Å². The normalized spacial score (nSPS) is 11.0. The molecule has 25 heavy (non-hydrogen) atoms. The van der Waals surface area contributed by atoms with Crippen molar-refractivity contribution in [1.29, 1.82) is 0 Å². The summed E-state index contributed by atoms with van der Waals surface area (Å²) in [6.07, 6.45) is 7.80. The Morgan fingerprint density at radius 2 is 2.16 bits per heavy atom. The van der Waals surface area contributed by atoms with Gasteiger partial charge in [-0.2, -0.15) is 0 Å². The SMILES string of the molecule is C=C/C=C(\C=C)COC(=O)CCc1ccc(N(CC)CCOC)nc1. The van der Waals surface area contributed by atoms with E-state index in [-0.39, 0.29) is 12.6 Å². The van der Waals surface area contributed by atoms with Gasteiger partial charge in [0.25, 0.3) is 0 Å². The van der Waals surface area contributed by atoms with Gasteiger partial charge < -0.3 is 14.4 Å². The van der Waals surface area contributed by atoms with Crippen molar-refractivity contribution in [2.45, 2.75) is 19.8 Å². The predicted octanol–water partition coefficient (Wildman–Crippen LogP) is 3.33. The van der Waals surface area contributed by atoms with Gasteiger partial charge in [-0.3, -0.25) is 4.79 Å². The summed E-state index contributed by atoms with van der Waals surface area (Å²) in [5, 5.41) is 0. The Labute approximate surface area is 150 Å². The van der Waals surface area contributed by atoms with Gasteiger partial charge in [-0.1, -0.05) is 37.5 Å². The Morgan fingerprint density at radius 1 is 1.36 bits per heavy atom. The van der Waals surface area contributed by atoms with Gasteiger partial charge in [-0.05, 0) is 30.5 Å². The van der Waals surface area contributed by atoms with E-state index in [1.807, 2.05) is 18.3 Å². The van der Waals surface area contributed by atoms with Gasteiger partial charge >= 0.3 is 5.97 Å². The molecular formula is C20H28N2O3. The Hall–Kier alpha value is -2.40. The van der Waals surface area contributed by atoms with Crippen molar-refractivity contribution in [3.05, 3.63) is 60.9 Å². The molecule has 0 aliphatic carbocycles. The zero-order valence-electron chi connectivity index (χ0n) is 15.2. The lowest BCUT2D eigenvalue weighted by Gasteiger charge is -2.21. The van der Waals surface area contributed by atoms with Gasteiger partial charge in [-0.15, -0.1) is 0 Å². The van der Waals surface area contributed by atoms with Gasteiger partial charge in [0.05, 0.1) is 6.61 Å². The number of aryl methyl sites for hydroxylation is 1. The van der Waals surface area contributed by atoms with Crippen LogP contribution in [-0.4, -0.2) is 44.4 Å². The Bertz CT molecular complexity index is 579. The van der Waals surface area contributed by atoms with Crippen LogP contribution in [0.3, 0.4) is 0 Å². The minimum absolute atomic E-state index is 0.219. The van der Waals surface area contributed by atoms with Crippen molar-refractivity contribution in [2.24, 2.45) is 0 Å². The molecule has 5 nitrogen and oxygen atoms in total. The average molecular weight is 344 g/mol. The molecule has 0 unspecified atom stereocenters. The summed E-state index contributed by atoms with van der Waals surface area (Å²) in [7, 11) is 1.69. The lowest BCUT2D eigenvalue weighted by molar-refractivity contribution is -0.142. The van der Waals surface area contributed by atoms with Crippen LogP contribution in [0, 0.1) is 0 Å². The second-order valence-electron chi connectivity index (χ2n) is 5.44. The van der Waals surface area contributed by atoms with E-state index in [2.05, 4.69) is 30.0 Å². The van der Waals surface area contributed by atoms with E-state index in [0.717, 1.165) is 30.0 Å². The summed E-state index contributed by atoms with van der Waals surface area (Å²) in [5.74, 6) is 0.673. The number of nitrogens with zero attached hydrogens (tertiary/aromatic N) is 2. The van der Waals surface area contributed by atoms with E-state index in [0.29, 0.717) is 19.4 Å². The quantitative estimate of drug-likeness (QED) is 0.430. The monoisotopic (exact) mass is 344 g/mol. The van der Waals surface area contributed by atoms with Crippen molar-refractivity contribution < 1.29 is 14.3 Å². The highest BCUT2D eigenvalue weighted by molar-refractivity contribution is 5.70. The highest BCUT2D eigenvalue weighted by atomic mass is 16.5. The maximum absolute atomic E-state index is 11.8. The van der Waals surface area contributed by atoms with Gasteiger partial charge in [0.2, 0.25) is 0 Å². The lowest BCUT2D eigenvalue weighted by atomic mass is 10.1. The summed E-state index contributed by atoms with van der Waals surface area (Å²) in [6, 6.07) is 3.97. The largest absolute Gasteiger partial charge is 0.461 e. The predicted molar refractivity (Wildman–Crippen MR) is 102 cm³/mol. The summed E-state index contributed by atoms with van der Waals surface area (Å²) in [6.45, 7) is 11.9. The number of pyridine rings is 1. The van der Waals surface area contributed by atoms with Crippen molar-refractivity contribution in [1.82, 2.24) is 4.98 Å². The third kappa shape index (κ3) is 7.81. The van der Waals surface area contributed by atoms with E-state index in [9.17, 15) is 4.79 Å². The van der Waals surface area contributed by atoms with Gasteiger partial charge in [0, 0.05) is 32.8 Å². The van der Waals surface area contributed by atoms with Gasteiger partial charge in [-0.25, -0.2) is 4.98 Å². The number of ether oxygens (including phenoxy) is 2. The molecule has 0 aliphatic heterocycles. The number of carbonyl (C=O) groups excluding carboxylic acids is 1. The number of allylic oxidation sites excluding steroid dienone is 2. The van der Waals surface area contributed by atoms with Crippen molar-refractivity contribution in [3.8, 4) is 0 Å². The third-order valence-corrected chi connectivity index (χ3v) is 3.69. The molecular weight excluding hydrogens is 316 g/mol. The molecule has 136 valence electrons. The number of aromatic nitrogens is 1. The highest BCUT2D eigenvalue weighted by Gasteiger charge is 2.07. The number of likely N-dealkylation sites (N-methyl/N-ethyl adjacent to an activating group) is 1. The van der Waals surface area contributed by atoms with Crippen LogP contribution in [0.25, 0.3) is 0 Å². The Balaban J connectivity index is 2.47.